The lowest BCUT2D eigenvalue weighted by Gasteiger charge is -2.17. The van der Waals surface area contributed by atoms with E-state index in [-0.39, 0.29) is 11.8 Å². The number of hydrogen-bond acceptors (Lipinski definition) is 4. The van der Waals surface area contributed by atoms with Crippen LogP contribution in [0.15, 0.2) is 18.2 Å². The lowest BCUT2D eigenvalue weighted by molar-refractivity contribution is -0.121. The molecule has 0 spiro atoms. The third-order valence-electron chi connectivity index (χ3n) is 3.78. The largest absolute Gasteiger partial charge is 0.494 e. The van der Waals surface area contributed by atoms with Crippen molar-refractivity contribution in [3.63, 3.8) is 0 Å². The van der Waals surface area contributed by atoms with Crippen LogP contribution in [0.4, 0.5) is 5.69 Å². The van der Waals surface area contributed by atoms with Gasteiger partial charge in [0.15, 0.2) is 0 Å². The number of carbonyl (C=O) groups excluding carboxylic acids is 2. The van der Waals surface area contributed by atoms with Gasteiger partial charge in [-0.2, -0.15) is 0 Å². The fraction of sp³-hybridized carbons (Fsp3) is 0.556. The Balaban J connectivity index is 1.60. The molecule has 1 aliphatic heterocycles. The summed E-state index contributed by atoms with van der Waals surface area (Å²) < 4.78 is 10.9. The maximum Gasteiger partial charge on any atom is 0.224 e. The number of benzene rings is 1. The van der Waals surface area contributed by atoms with Gasteiger partial charge in [0.05, 0.1) is 6.61 Å². The van der Waals surface area contributed by atoms with E-state index in [9.17, 15) is 9.59 Å². The quantitative estimate of drug-likeness (QED) is 0.644. The topological polar surface area (TPSA) is 76.7 Å². The summed E-state index contributed by atoms with van der Waals surface area (Å²) in [6, 6.07) is 5.67. The van der Waals surface area contributed by atoms with Crippen molar-refractivity contribution in [3.8, 4) is 5.75 Å². The van der Waals surface area contributed by atoms with Crippen molar-refractivity contribution >= 4 is 17.5 Å². The van der Waals surface area contributed by atoms with Crippen LogP contribution in [0.3, 0.4) is 0 Å². The van der Waals surface area contributed by atoms with E-state index in [4.69, 9.17) is 9.47 Å². The second-order valence-corrected chi connectivity index (χ2v) is 5.72. The second-order valence-electron chi connectivity index (χ2n) is 5.72. The molecular formula is C18H26N2O4. The van der Waals surface area contributed by atoms with Gasteiger partial charge >= 0.3 is 0 Å². The maximum atomic E-state index is 11.7. The Bertz CT molecular complexity index is 560. The SMILES string of the molecule is CCOCCCNC(=O)CCCOc1ccc2c(c1)CCC(=O)N2. The van der Waals surface area contributed by atoms with Gasteiger partial charge in [-0.1, -0.05) is 0 Å². The number of carbonyl (C=O) groups is 2. The minimum absolute atomic E-state index is 0.0447. The Hall–Kier alpha value is -2.08. The van der Waals surface area contributed by atoms with Gasteiger partial charge in [-0.15, -0.1) is 0 Å². The molecule has 1 aromatic carbocycles. The number of amides is 2. The van der Waals surface area contributed by atoms with Crippen LogP contribution in [0.2, 0.25) is 0 Å². The first-order valence-electron chi connectivity index (χ1n) is 8.59. The number of fused-ring (bicyclic) bond motifs is 1. The van der Waals surface area contributed by atoms with Crippen molar-refractivity contribution in [3.05, 3.63) is 23.8 Å². The van der Waals surface area contributed by atoms with E-state index in [0.29, 0.717) is 45.6 Å². The first-order valence-corrected chi connectivity index (χ1v) is 8.59. The highest BCUT2D eigenvalue weighted by atomic mass is 16.5. The number of anilines is 1. The summed E-state index contributed by atoms with van der Waals surface area (Å²) in [5.74, 6) is 0.883. The first-order chi connectivity index (χ1) is 11.7. The molecule has 2 N–H and O–H groups in total. The number of rotatable bonds is 10. The van der Waals surface area contributed by atoms with Crippen molar-refractivity contribution in [2.75, 3.05) is 31.7 Å². The molecular weight excluding hydrogens is 308 g/mol. The predicted molar refractivity (Wildman–Crippen MR) is 92.2 cm³/mol. The second kappa shape index (κ2) is 9.93. The number of hydrogen-bond donors (Lipinski definition) is 2. The fourth-order valence-corrected chi connectivity index (χ4v) is 2.51. The third-order valence-corrected chi connectivity index (χ3v) is 3.78. The molecule has 0 aromatic heterocycles. The van der Waals surface area contributed by atoms with E-state index in [1.54, 1.807) is 0 Å². The zero-order valence-electron chi connectivity index (χ0n) is 14.2. The smallest absolute Gasteiger partial charge is 0.224 e. The lowest BCUT2D eigenvalue weighted by Crippen LogP contribution is -2.25. The molecule has 0 bridgehead atoms. The lowest BCUT2D eigenvalue weighted by atomic mass is 10.0. The monoisotopic (exact) mass is 334 g/mol. The Morgan fingerprint density at radius 3 is 2.96 bits per heavy atom. The Kier molecular flexibility index (Phi) is 7.55. The highest BCUT2D eigenvalue weighted by Crippen LogP contribution is 2.26. The highest BCUT2D eigenvalue weighted by Gasteiger charge is 2.14. The van der Waals surface area contributed by atoms with Gasteiger partial charge in [0.1, 0.15) is 5.75 Å². The minimum Gasteiger partial charge on any atom is -0.494 e. The van der Waals surface area contributed by atoms with E-state index in [1.807, 2.05) is 25.1 Å². The number of ether oxygens (including phenoxy) is 2. The Labute approximate surface area is 142 Å². The minimum atomic E-state index is 0.0447. The maximum absolute atomic E-state index is 11.7. The van der Waals surface area contributed by atoms with Crippen LogP contribution in [-0.2, 0) is 20.7 Å². The molecule has 0 aliphatic carbocycles. The van der Waals surface area contributed by atoms with E-state index in [1.165, 1.54) is 0 Å². The van der Waals surface area contributed by atoms with E-state index in [0.717, 1.165) is 29.8 Å². The van der Waals surface area contributed by atoms with Crippen LogP contribution in [0.5, 0.6) is 5.75 Å². The highest BCUT2D eigenvalue weighted by molar-refractivity contribution is 5.94. The van der Waals surface area contributed by atoms with Crippen LogP contribution in [0.1, 0.15) is 38.2 Å². The summed E-state index contributed by atoms with van der Waals surface area (Å²) in [6.07, 6.45) is 3.21. The summed E-state index contributed by atoms with van der Waals surface area (Å²) in [4.78, 5) is 23.0. The molecule has 0 unspecified atom stereocenters. The molecule has 1 aliphatic rings. The molecule has 0 radical (unpaired) electrons. The van der Waals surface area contributed by atoms with Crippen molar-refractivity contribution < 1.29 is 19.1 Å². The normalized spacial score (nSPS) is 13.1. The average Bonchev–Trinajstić information content (AvgIpc) is 2.58. The van der Waals surface area contributed by atoms with Gasteiger partial charge in [0.2, 0.25) is 11.8 Å². The molecule has 2 rings (SSSR count). The Morgan fingerprint density at radius 2 is 2.12 bits per heavy atom. The van der Waals surface area contributed by atoms with Crippen LogP contribution in [0.25, 0.3) is 0 Å². The van der Waals surface area contributed by atoms with Crippen LogP contribution < -0.4 is 15.4 Å². The number of aryl methyl sites for hydroxylation is 1. The standard InChI is InChI=1S/C18H26N2O4/c1-2-23-11-4-10-19-17(21)5-3-12-24-15-7-8-16-14(13-15)6-9-18(22)20-16/h7-8,13H,2-6,9-12H2,1H3,(H,19,21)(H,20,22). The molecule has 0 fully saturated rings. The third kappa shape index (κ3) is 6.20. The summed E-state index contributed by atoms with van der Waals surface area (Å²) in [6.45, 7) is 4.49. The molecule has 0 atom stereocenters. The predicted octanol–water partition coefficient (Wildman–Crippen LogP) is 2.27. The molecule has 6 nitrogen and oxygen atoms in total. The van der Waals surface area contributed by atoms with Crippen LogP contribution in [0, 0.1) is 0 Å². The van der Waals surface area contributed by atoms with E-state index in [2.05, 4.69) is 10.6 Å². The molecule has 2 amide bonds. The van der Waals surface area contributed by atoms with Gasteiger partial charge < -0.3 is 20.1 Å². The van der Waals surface area contributed by atoms with Crippen molar-refractivity contribution in [2.45, 2.75) is 39.0 Å². The molecule has 6 heteroatoms. The molecule has 24 heavy (non-hydrogen) atoms. The first kappa shape index (κ1) is 18.3. The van der Waals surface area contributed by atoms with Gasteiger partial charge in [-0.25, -0.2) is 0 Å². The summed E-state index contributed by atoms with van der Waals surface area (Å²) in [5.41, 5.74) is 1.96. The fourth-order valence-electron chi connectivity index (χ4n) is 2.51. The van der Waals surface area contributed by atoms with Crippen molar-refractivity contribution in [1.29, 1.82) is 0 Å². The van der Waals surface area contributed by atoms with Gasteiger partial charge in [0, 0.05) is 38.3 Å². The summed E-state index contributed by atoms with van der Waals surface area (Å²) >= 11 is 0. The van der Waals surface area contributed by atoms with Crippen LogP contribution >= 0.6 is 0 Å². The zero-order chi connectivity index (χ0) is 17.2. The summed E-state index contributed by atoms with van der Waals surface area (Å²) in [7, 11) is 0. The summed E-state index contributed by atoms with van der Waals surface area (Å²) in [5, 5.41) is 5.72. The van der Waals surface area contributed by atoms with E-state index < -0.39 is 0 Å². The Morgan fingerprint density at radius 1 is 1.25 bits per heavy atom. The van der Waals surface area contributed by atoms with E-state index >= 15 is 0 Å². The molecule has 1 aromatic rings. The van der Waals surface area contributed by atoms with Gasteiger partial charge in [-0.3, -0.25) is 9.59 Å². The molecule has 1 heterocycles. The van der Waals surface area contributed by atoms with Gasteiger partial charge in [0.25, 0.3) is 0 Å². The average molecular weight is 334 g/mol. The van der Waals surface area contributed by atoms with Crippen molar-refractivity contribution in [2.24, 2.45) is 0 Å². The van der Waals surface area contributed by atoms with Crippen LogP contribution in [-0.4, -0.2) is 38.2 Å². The number of nitrogens with one attached hydrogen (secondary N) is 2. The zero-order valence-corrected chi connectivity index (χ0v) is 14.2. The molecule has 0 saturated heterocycles. The van der Waals surface area contributed by atoms with Gasteiger partial charge in [-0.05, 0) is 49.9 Å². The molecule has 0 saturated carbocycles. The van der Waals surface area contributed by atoms with Crippen molar-refractivity contribution in [1.82, 2.24) is 5.32 Å². The molecule has 132 valence electrons.